The zero-order chi connectivity index (χ0) is 54.6. The number of rotatable bonds is 10. The van der Waals surface area contributed by atoms with Crippen LogP contribution in [0.25, 0.3) is 55.6 Å². The van der Waals surface area contributed by atoms with Crippen LogP contribution in [-0.2, 0) is 0 Å². The predicted octanol–water partition coefficient (Wildman–Crippen LogP) is 21.6. The Kier molecular flexibility index (Phi) is 12.6. The summed E-state index contributed by atoms with van der Waals surface area (Å²) < 4.78 is 0. The Morgan fingerprint density at radius 2 is 0.397 bits per heavy atom. The number of benzene rings is 10. The van der Waals surface area contributed by atoms with Crippen LogP contribution < -0.4 is 9.80 Å². The summed E-state index contributed by atoms with van der Waals surface area (Å²) in [6, 6.07) is 65.7. The highest BCUT2D eigenvalue weighted by molar-refractivity contribution is 5.95. The van der Waals surface area contributed by atoms with Gasteiger partial charge in [0.2, 0.25) is 0 Å². The highest BCUT2D eigenvalue weighted by Crippen LogP contribution is 2.60. The van der Waals surface area contributed by atoms with Gasteiger partial charge >= 0.3 is 0 Å². The maximum atomic E-state index is 2.51. The topological polar surface area (TPSA) is 6.48 Å². The molecule has 0 amide bonds. The van der Waals surface area contributed by atoms with E-state index in [0.717, 1.165) is 22.7 Å². The lowest BCUT2D eigenvalue weighted by Gasteiger charge is -2.29. The number of hydrogen-bond acceptors (Lipinski definition) is 2. The van der Waals surface area contributed by atoms with E-state index in [0.29, 0.717) is 0 Å². The van der Waals surface area contributed by atoms with Crippen molar-refractivity contribution in [1.29, 1.82) is 0 Å². The van der Waals surface area contributed by atoms with Crippen molar-refractivity contribution in [2.45, 2.75) is 109 Å². The quantitative estimate of drug-likeness (QED) is 0.135. The third kappa shape index (κ3) is 8.58. The maximum absolute atomic E-state index is 2.51. The number of nitrogens with zero attached hydrogens (tertiary/aromatic N) is 2. The van der Waals surface area contributed by atoms with Crippen LogP contribution in [0.3, 0.4) is 0 Å². The van der Waals surface area contributed by atoms with Crippen LogP contribution in [0, 0.1) is 83.1 Å². The van der Waals surface area contributed by atoms with Gasteiger partial charge in [-0.2, -0.15) is 0 Å². The standard InChI is InChI=1S/C76H72N2/c1-43-31-47(5)71(48(6)32-43)57-15-23-61(24-16-57)77(62-25-17-58(18-26-62)72-49(7)33-44(2)34-50(72)8)65-39-67-55(13)69-41-66(42-70-56(14)68(40-65)75(67)76(69)70)78(63-27-19-59(20-28-63)73-51(9)35-45(3)36-52(73)10)64-29-21-60(22-30-64)74-53(11)37-46(4)38-54(74)12/h15-42,55-56H,1-14H3. The Balaban J connectivity index is 0.967. The molecular formula is C76H72N2. The van der Waals surface area contributed by atoms with Crippen molar-refractivity contribution in [3.05, 3.63) is 259 Å². The second-order valence-corrected chi connectivity index (χ2v) is 23.4. The first kappa shape index (κ1) is 50.6. The van der Waals surface area contributed by atoms with Crippen LogP contribution in [-0.4, -0.2) is 0 Å². The third-order valence-electron chi connectivity index (χ3n) is 17.4. The number of aryl methyl sites for hydroxylation is 12. The summed E-state index contributed by atoms with van der Waals surface area (Å²) in [7, 11) is 0. The molecule has 10 aromatic carbocycles. The number of hydrogen-bond donors (Lipinski definition) is 0. The summed E-state index contributed by atoms with van der Waals surface area (Å²) in [5, 5.41) is 0. The lowest BCUT2D eigenvalue weighted by atomic mass is 9.89. The van der Waals surface area contributed by atoms with Crippen LogP contribution in [0.5, 0.6) is 0 Å². The molecule has 386 valence electrons. The second kappa shape index (κ2) is 19.4. The van der Waals surface area contributed by atoms with Crippen molar-refractivity contribution < 1.29 is 0 Å². The van der Waals surface area contributed by atoms with E-state index in [4.69, 9.17) is 0 Å². The summed E-state index contributed by atoms with van der Waals surface area (Å²) in [5.41, 5.74) is 41.4. The fourth-order valence-corrected chi connectivity index (χ4v) is 14.4. The van der Waals surface area contributed by atoms with Crippen molar-refractivity contribution in [3.63, 3.8) is 0 Å². The summed E-state index contributed by atoms with van der Waals surface area (Å²) in [4.78, 5) is 4.99. The fraction of sp³-hybridized carbons (Fsp3) is 0.211. The molecule has 10 aromatic rings. The molecule has 0 aliphatic heterocycles. The first-order valence-electron chi connectivity index (χ1n) is 28.1. The molecule has 0 saturated heterocycles. The highest BCUT2D eigenvalue weighted by Gasteiger charge is 2.39. The predicted molar refractivity (Wildman–Crippen MR) is 335 cm³/mol. The molecule has 0 fully saturated rings. The Morgan fingerprint density at radius 3 is 0.577 bits per heavy atom. The van der Waals surface area contributed by atoms with E-state index < -0.39 is 0 Å². The minimum absolute atomic E-state index is 0.193. The molecule has 0 saturated carbocycles. The van der Waals surface area contributed by atoms with Gasteiger partial charge in [-0.3, -0.25) is 0 Å². The van der Waals surface area contributed by atoms with Gasteiger partial charge in [0.05, 0.1) is 0 Å². The first-order valence-corrected chi connectivity index (χ1v) is 28.1. The van der Waals surface area contributed by atoms with E-state index >= 15 is 0 Å². The molecular weight excluding hydrogens is 941 g/mol. The molecule has 0 atom stereocenters. The van der Waals surface area contributed by atoms with Crippen LogP contribution in [0.1, 0.15) is 115 Å². The Morgan fingerprint density at radius 1 is 0.218 bits per heavy atom. The molecule has 2 aliphatic carbocycles. The van der Waals surface area contributed by atoms with Gasteiger partial charge in [-0.1, -0.05) is 133 Å². The molecule has 78 heavy (non-hydrogen) atoms. The van der Waals surface area contributed by atoms with Crippen LogP contribution >= 0.6 is 0 Å². The molecule has 12 rings (SSSR count). The summed E-state index contributed by atoms with van der Waals surface area (Å²) in [6.07, 6.45) is 0. The van der Waals surface area contributed by atoms with Gasteiger partial charge in [0.1, 0.15) is 0 Å². The summed E-state index contributed by atoms with van der Waals surface area (Å²) in [5.74, 6) is 0.385. The van der Waals surface area contributed by atoms with Gasteiger partial charge in [-0.15, -0.1) is 0 Å². The fourth-order valence-electron chi connectivity index (χ4n) is 14.4. The zero-order valence-corrected chi connectivity index (χ0v) is 48.2. The minimum Gasteiger partial charge on any atom is -0.310 e. The lowest BCUT2D eigenvalue weighted by molar-refractivity contribution is 0.908. The molecule has 2 aliphatic rings. The van der Waals surface area contributed by atoms with E-state index in [1.165, 1.54) is 156 Å². The first-order chi connectivity index (χ1) is 37.4. The van der Waals surface area contributed by atoms with Gasteiger partial charge in [0, 0.05) is 46.0 Å². The molecule has 0 heterocycles. The van der Waals surface area contributed by atoms with E-state index in [1.807, 2.05) is 0 Å². The van der Waals surface area contributed by atoms with Crippen molar-refractivity contribution in [2.75, 3.05) is 9.80 Å². The van der Waals surface area contributed by atoms with E-state index in [2.05, 4.69) is 277 Å². The van der Waals surface area contributed by atoms with Crippen molar-refractivity contribution in [1.82, 2.24) is 0 Å². The van der Waals surface area contributed by atoms with Crippen molar-refractivity contribution in [2.24, 2.45) is 0 Å². The average Bonchev–Trinajstić information content (AvgIpc) is 4.05. The van der Waals surface area contributed by atoms with Crippen molar-refractivity contribution in [3.8, 4) is 55.6 Å². The molecule has 0 bridgehead atoms. The summed E-state index contributed by atoms with van der Waals surface area (Å²) in [6.45, 7) is 31.5. The zero-order valence-electron chi connectivity index (χ0n) is 48.2. The summed E-state index contributed by atoms with van der Waals surface area (Å²) >= 11 is 0. The van der Waals surface area contributed by atoms with E-state index in [1.54, 1.807) is 0 Å². The van der Waals surface area contributed by atoms with Crippen LogP contribution in [0.15, 0.2) is 170 Å². The van der Waals surface area contributed by atoms with Gasteiger partial charge in [0.15, 0.2) is 0 Å². The van der Waals surface area contributed by atoms with Crippen LogP contribution in [0.2, 0.25) is 0 Å². The van der Waals surface area contributed by atoms with Gasteiger partial charge in [-0.05, 0) is 278 Å². The van der Waals surface area contributed by atoms with E-state index in [9.17, 15) is 0 Å². The molecule has 0 radical (unpaired) electrons. The normalized spacial score (nSPS) is 12.6. The molecule has 0 spiro atoms. The van der Waals surface area contributed by atoms with E-state index in [-0.39, 0.29) is 11.8 Å². The smallest absolute Gasteiger partial charge is 0.0467 e. The molecule has 0 N–H and O–H groups in total. The maximum Gasteiger partial charge on any atom is 0.0467 e. The second-order valence-electron chi connectivity index (χ2n) is 23.4. The molecule has 2 heteroatoms. The SMILES string of the molecule is Cc1cc(C)c(-c2ccc(N(c3ccc(-c4c(C)cc(C)cc4C)cc3)c3cc4c5c(c3)C(C)c3cc(N(c6ccc(-c7c(C)cc(C)cc7C)cc6)c6ccc(-c7c(C)cc(C)cc7C)cc6)cc(c3-5)C4C)cc2)c(C)c1. The average molecular weight is 1010 g/mol. The molecule has 0 aromatic heterocycles. The van der Waals surface area contributed by atoms with Crippen molar-refractivity contribution >= 4 is 34.1 Å². The van der Waals surface area contributed by atoms with Crippen LogP contribution in [0.4, 0.5) is 34.1 Å². The van der Waals surface area contributed by atoms with Gasteiger partial charge in [0.25, 0.3) is 0 Å². The Hall–Kier alpha value is -8.20. The molecule has 2 nitrogen and oxygen atoms in total. The molecule has 0 unspecified atom stereocenters. The highest BCUT2D eigenvalue weighted by atomic mass is 15.1. The van der Waals surface area contributed by atoms with Gasteiger partial charge < -0.3 is 9.80 Å². The largest absolute Gasteiger partial charge is 0.310 e. The lowest BCUT2D eigenvalue weighted by Crippen LogP contribution is -2.13. The Labute approximate surface area is 464 Å². The monoisotopic (exact) mass is 1010 g/mol. The third-order valence-corrected chi connectivity index (χ3v) is 17.4. The van der Waals surface area contributed by atoms with Gasteiger partial charge in [-0.25, -0.2) is 0 Å². The number of anilines is 6. The Bertz CT molecular complexity index is 3430. The minimum atomic E-state index is 0.193.